The second-order valence-corrected chi connectivity index (χ2v) is 7.52. The number of nitrogens with one attached hydrogen (secondary N) is 1. The third-order valence-electron chi connectivity index (χ3n) is 3.52. The van der Waals surface area contributed by atoms with E-state index in [0.717, 1.165) is 5.56 Å². The molecule has 2 rings (SSSR count). The third-order valence-corrected chi connectivity index (χ3v) is 5.33. The van der Waals surface area contributed by atoms with E-state index in [1.54, 1.807) is 31.2 Å². The van der Waals surface area contributed by atoms with Gasteiger partial charge in [0, 0.05) is 11.1 Å². The quantitative estimate of drug-likeness (QED) is 0.742. The molecule has 2 aromatic carbocycles. The van der Waals surface area contributed by atoms with Gasteiger partial charge < -0.3 is 9.47 Å². The Balaban J connectivity index is 2.23. The van der Waals surface area contributed by atoms with Gasteiger partial charge in [-0.2, -0.15) is 0 Å². The van der Waals surface area contributed by atoms with Crippen LogP contribution in [0.15, 0.2) is 47.4 Å². The highest BCUT2D eigenvalue weighted by atomic mass is 35.5. The molecule has 7 heteroatoms. The second-order valence-electron chi connectivity index (χ2n) is 5.37. The largest absolute Gasteiger partial charge is 0.490 e. The second kappa shape index (κ2) is 8.56. The molecule has 136 valence electrons. The predicted octanol–water partition coefficient (Wildman–Crippen LogP) is 4.18. The maximum atomic E-state index is 12.5. The first kappa shape index (κ1) is 19.6. The zero-order chi connectivity index (χ0) is 18.4. The van der Waals surface area contributed by atoms with Gasteiger partial charge in [0.15, 0.2) is 11.5 Å². The Morgan fingerprint density at radius 3 is 2.20 bits per heavy atom. The first-order valence-corrected chi connectivity index (χ1v) is 9.91. The number of hydrogen-bond acceptors (Lipinski definition) is 4. The van der Waals surface area contributed by atoms with Crippen molar-refractivity contribution >= 4 is 21.6 Å². The molecule has 0 aliphatic carbocycles. The van der Waals surface area contributed by atoms with Gasteiger partial charge in [-0.05, 0) is 62.7 Å². The average molecular weight is 384 g/mol. The van der Waals surface area contributed by atoms with Crippen molar-refractivity contribution in [3.05, 3.63) is 53.1 Å². The van der Waals surface area contributed by atoms with Crippen LogP contribution in [0.1, 0.15) is 32.4 Å². The summed E-state index contributed by atoms with van der Waals surface area (Å²) >= 11 is 5.81. The maximum Gasteiger partial charge on any atom is 0.241 e. The molecule has 1 atom stereocenters. The summed E-state index contributed by atoms with van der Waals surface area (Å²) in [7, 11) is -3.65. The van der Waals surface area contributed by atoms with Crippen LogP contribution in [0.3, 0.4) is 0 Å². The molecule has 0 amide bonds. The summed E-state index contributed by atoms with van der Waals surface area (Å²) in [5, 5.41) is 0.486. The van der Waals surface area contributed by atoms with Gasteiger partial charge in [-0.15, -0.1) is 0 Å². The monoisotopic (exact) mass is 383 g/mol. The third kappa shape index (κ3) is 5.11. The summed E-state index contributed by atoms with van der Waals surface area (Å²) in [5.41, 5.74) is 0.782. The molecular formula is C18H22ClNO4S. The normalized spacial score (nSPS) is 12.6. The summed E-state index contributed by atoms with van der Waals surface area (Å²) in [6.07, 6.45) is 0. The molecule has 0 aliphatic rings. The zero-order valence-corrected chi connectivity index (χ0v) is 16.0. The van der Waals surface area contributed by atoms with Gasteiger partial charge in [-0.25, -0.2) is 13.1 Å². The number of halogens is 1. The predicted molar refractivity (Wildman–Crippen MR) is 99.0 cm³/mol. The minimum atomic E-state index is -3.65. The highest BCUT2D eigenvalue weighted by Gasteiger charge is 2.19. The van der Waals surface area contributed by atoms with E-state index in [-0.39, 0.29) is 4.90 Å². The number of hydrogen-bond donors (Lipinski definition) is 1. The van der Waals surface area contributed by atoms with Crippen molar-refractivity contribution in [1.29, 1.82) is 0 Å². The maximum absolute atomic E-state index is 12.5. The Morgan fingerprint density at radius 1 is 1.00 bits per heavy atom. The molecule has 0 unspecified atom stereocenters. The highest BCUT2D eigenvalue weighted by molar-refractivity contribution is 7.89. The number of sulfonamides is 1. The molecule has 2 aromatic rings. The van der Waals surface area contributed by atoms with Gasteiger partial charge in [-0.3, -0.25) is 0 Å². The summed E-state index contributed by atoms with van der Waals surface area (Å²) in [6.45, 7) is 6.58. The first-order valence-electron chi connectivity index (χ1n) is 8.04. The standard InChI is InChI=1S/C18H22ClNO4S/c1-4-23-17-11-6-14(12-18(17)24-5-2)13(3)20-25(21,22)16-9-7-15(19)8-10-16/h6-13,20H,4-5H2,1-3H3/t13-/m1/s1. The summed E-state index contributed by atoms with van der Waals surface area (Å²) in [6, 6.07) is 11.0. The molecule has 0 fully saturated rings. The fraction of sp³-hybridized carbons (Fsp3) is 0.333. The SMILES string of the molecule is CCOc1ccc([C@@H](C)NS(=O)(=O)c2ccc(Cl)cc2)cc1OCC. The van der Waals surface area contributed by atoms with Gasteiger partial charge in [0.25, 0.3) is 0 Å². The van der Waals surface area contributed by atoms with E-state index < -0.39 is 16.1 Å². The molecule has 0 aromatic heterocycles. The Labute approximate surface area is 154 Å². The van der Waals surface area contributed by atoms with E-state index in [0.29, 0.717) is 29.7 Å². The zero-order valence-electron chi connectivity index (χ0n) is 14.5. The summed E-state index contributed by atoms with van der Waals surface area (Å²) in [4.78, 5) is 0.166. The van der Waals surface area contributed by atoms with Crippen molar-refractivity contribution in [1.82, 2.24) is 4.72 Å². The molecule has 0 spiro atoms. The van der Waals surface area contributed by atoms with Crippen molar-refractivity contribution in [2.45, 2.75) is 31.7 Å². The Bertz CT molecular complexity index is 806. The van der Waals surface area contributed by atoms with Gasteiger partial charge in [0.1, 0.15) is 0 Å². The molecule has 5 nitrogen and oxygen atoms in total. The van der Waals surface area contributed by atoms with E-state index in [1.807, 2.05) is 19.9 Å². The molecule has 1 N–H and O–H groups in total. The molecule has 0 radical (unpaired) electrons. The van der Waals surface area contributed by atoms with Crippen molar-refractivity contribution in [2.24, 2.45) is 0 Å². The van der Waals surface area contributed by atoms with E-state index in [9.17, 15) is 8.42 Å². The van der Waals surface area contributed by atoms with Crippen LogP contribution in [0.25, 0.3) is 0 Å². The Morgan fingerprint density at radius 2 is 1.60 bits per heavy atom. The van der Waals surface area contributed by atoms with E-state index in [1.165, 1.54) is 12.1 Å². The van der Waals surface area contributed by atoms with Crippen molar-refractivity contribution in [3.63, 3.8) is 0 Å². The van der Waals surface area contributed by atoms with E-state index in [4.69, 9.17) is 21.1 Å². The number of benzene rings is 2. The lowest BCUT2D eigenvalue weighted by Gasteiger charge is -2.17. The van der Waals surface area contributed by atoms with Crippen LogP contribution in [0.4, 0.5) is 0 Å². The molecule has 25 heavy (non-hydrogen) atoms. The van der Waals surface area contributed by atoms with Crippen molar-refractivity contribution < 1.29 is 17.9 Å². The highest BCUT2D eigenvalue weighted by Crippen LogP contribution is 2.31. The first-order chi connectivity index (χ1) is 11.9. The molecule has 0 saturated carbocycles. The van der Waals surface area contributed by atoms with Crippen molar-refractivity contribution in [2.75, 3.05) is 13.2 Å². The van der Waals surface area contributed by atoms with Crippen LogP contribution in [-0.2, 0) is 10.0 Å². The minimum Gasteiger partial charge on any atom is -0.490 e. The van der Waals surface area contributed by atoms with Crippen LogP contribution < -0.4 is 14.2 Å². The fourth-order valence-electron chi connectivity index (χ4n) is 2.32. The summed E-state index contributed by atoms with van der Waals surface area (Å²) < 4.78 is 38.8. The molecule has 0 aliphatic heterocycles. The molecule has 0 saturated heterocycles. The number of rotatable bonds is 8. The van der Waals surface area contributed by atoms with Crippen LogP contribution in [0, 0.1) is 0 Å². The Hall–Kier alpha value is -1.76. The van der Waals surface area contributed by atoms with Crippen LogP contribution in [-0.4, -0.2) is 21.6 Å². The van der Waals surface area contributed by atoms with Crippen LogP contribution in [0.5, 0.6) is 11.5 Å². The van der Waals surface area contributed by atoms with Crippen LogP contribution >= 0.6 is 11.6 Å². The van der Waals surface area contributed by atoms with Gasteiger partial charge in [0.05, 0.1) is 18.1 Å². The lowest BCUT2D eigenvalue weighted by molar-refractivity contribution is 0.287. The molecular weight excluding hydrogens is 362 g/mol. The smallest absolute Gasteiger partial charge is 0.241 e. The lowest BCUT2D eigenvalue weighted by atomic mass is 10.1. The van der Waals surface area contributed by atoms with Gasteiger partial charge in [0.2, 0.25) is 10.0 Å². The van der Waals surface area contributed by atoms with Crippen molar-refractivity contribution in [3.8, 4) is 11.5 Å². The van der Waals surface area contributed by atoms with Gasteiger partial charge >= 0.3 is 0 Å². The topological polar surface area (TPSA) is 64.6 Å². The summed E-state index contributed by atoms with van der Waals surface area (Å²) in [5.74, 6) is 1.24. The van der Waals surface area contributed by atoms with E-state index in [2.05, 4.69) is 4.72 Å². The average Bonchev–Trinajstić information content (AvgIpc) is 2.57. The Kier molecular flexibility index (Phi) is 6.70. The minimum absolute atomic E-state index is 0.166. The van der Waals surface area contributed by atoms with Crippen LogP contribution in [0.2, 0.25) is 5.02 Å². The van der Waals surface area contributed by atoms with Gasteiger partial charge in [-0.1, -0.05) is 17.7 Å². The van der Waals surface area contributed by atoms with E-state index >= 15 is 0 Å². The lowest BCUT2D eigenvalue weighted by Crippen LogP contribution is -2.26. The molecule has 0 bridgehead atoms. The molecule has 0 heterocycles. The fourth-order valence-corrected chi connectivity index (χ4v) is 3.68. The number of ether oxygens (including phenoxy) is 2.